The minimum absolute atomic E-state index is 0.123. The Morgan fingerprint density at radius 3 is 2.04 bits per heavy atom. The summed E-state index contributed by atoms with van der Waals surface area (Å²) >= 11 is 0. The van der Waals surface area contributed by atoms with Crippen molar-refractivity contribution in [2.75, 3.05) is 32.3 Å². The molecule has 1 aliphatic rings. The van der Waals surface area contributed by atoms with Crippen LogP contribution in [-0.2, 0) is 9.53 Å². The van der Waals surface area contributed by atoms with Crippen LogP contribution in [0.25, 0.3) is 0 Å². The third kappa shape index (κ3) is 3.31. The van der Waals surface area contributed by atoms with E-state index < -0.39 is 6.10 Å². The molecule has 0 radical (unpaired) electrons. The van der Waals surface area contributed by atoms with Gasteiger partial charge < -0.3 is 19.3 Å². The second-order valence-corrected chi connectivity index (χ2v) is 5.64. The van der Waals surface area contributed by atoms with Crippen LogP contribution in [0.15, 0.2) is 48.5 Å². The van der Waals surface area contributed by atoms with Gasteiger partial charge in [-0.25, -0.2) is 0 Å². The highest BCUT2D eigenvalue weighted by Gasteiger charge is 2.49. The Balaban J connectivity index is 1.89. The van der Waals surface area contributed by atoms with Crippen molar-refractivity contribution in [3.05, 3.63) is 54.1 Å². The average Bonchev–Trinajstić information content (AvgIpc) is 2.67. The van der Waals surface area contributed by atoms with Crippen molar-refractivity contribution in [2.24, 2.45) is 0 Å². The molecule has 0 saturated carbocycles. The Labute approximate surface area is 146 Å². The van der Waals surface area contributed by atoms with Gasteiger partial charge in [-0.05, 0) is 42.0 Å². The number of rotatable bonds is 7. The molecule has 1 fully saturated rings. The lowest BCUT2D eigenvalue weighted by Gasteiger charge is -2.46. The van der Waals surface area contributed by atoms with E-state index in [2.05, 4.69) is 0 Å². The molecule has 2 aromatic carbocycles. The molecule has 3 rings (SSSR count). The summed E-state index contributed by atoms with van der Waals surface area (Å²) in [4.78, 5) is 14.3. The van der Waals surface area contributed by atoms with E-state index in [9.17, 15) is 4.79 Å². The zero-order chi connectivity index (χ0) is 17.8. The molecule has 2 atom stereocenters. The van der Waals surface area contributed by atoms with Crippen LogP contribution in [0.2, 0.25) is 0 Å². The van der Waals surface area contributed by atoms with Crippen LogP contribution >= 0.6 is 0 Å². The molecule has 1 saturated heterocycles. The van der Waals surface area contributed by atoms with E-state index in [0.717, 1.165) is 22.7 Å². The molecule has 0 unspecified atom stereocenters. The van der Waals surface area contributed by atoms with Gasteiger partial charge in [-0.15, -0.1) is 0 Å². The van der Waals surface area contributed by atoms with Crippen molar-refractivity contribution in [1.82, 2.24) is 0 Å². The Bertz CT molecular complexity index is 714. The van der Waals surface area contributed by atoms with Crippen LogP contribution in [0.5, 0.6) is 11.5 Å². The first-order valence-corrected chi connectivity index (χ1v) is 8.03. The van der Waals surface area contributed by atoms with Gasteiger partial charge in [0.15, 0.2) is 6.10 Å². The topological polar surface area (TPSA) is 68.2 Å². The summed E-state index contributed by atoms with van der Waals surface area (Å²) in [6.07, 6.45) is -0.609. The number of hydrogen-bond acceptors (Lipinski definition) is 5. The zero-order valence-corrected chi connectivity index (χ0v) is 14.2. The number of aliphatic hydroxyl groups is 1. The standard InChI is InChI=1S/C19H21NO5/c1-23-15-7-3-13(4-8-15)17-18(25-12-11-21)19(22)20(17)14-5-9-16(24-2)10-6-14/h3-10,17-18,21H,11-12H2,1-2H3/t17-,18+/m1/s1. The normalized spacial score (nSPS) is 19.5. The molecule has 132 valence electrons. The Morgan fingerprint density at radius 2 is 1.52 bits per heavy atom. The summed E-state index contributed by atoms with van der Waals surface area (Å²) in [7, 11) is 3.21. The molecule has 2 aromatic rings. The van der Waals surface area contributed by atoms with E-state index in [1.807, 2.05) is 48.5 Å². The lowest BCUT2D eigenvalue weighted by Crippen LogP contribution is -2.60. The number of carbonyl (C=O) groups excluding carboxylic acids is 1. The van der Waals surface area contributed by atoms with Crippen molar-refractivity contribution in [3.8, 4) is 11.5 Å². The minimum Gasteiger partial charge on any atom is -0.497 e. The molecular weight excluding hydrogens is 322 g/mol. The summed E-state index contributed by atoms with van der Waals surface area (Å²) in [5.74, 6) is 1.35. The first-order valence-electron chi connectivity index (χ1n) is 8.03. The van der Waals surface area contributed by atoms with Gasteiger partial charge in [0.2, 0.25) is 0 Å². The second kappa shape index (κ2) is 7.55. The van der Waals surface area contributed by atoms with E-state index in [0.29, 0.717) is 0 Å². The minimum atomic E-state index is -0.609. The average molecular weight is 343 g/mol. The molecule has 0 spiro atoms. The number of nitrogens with zero attached hydrogens (tertiary/aromatic N) is 1. The highest BCUT2D eigenvalue weighted by atomic mass is 16.5. The summed E-state index contributed by atoms with van der Waals surface area (Å²) in [6, 6.07) is 14.6. The highest BCUT2D eigenvalue weighted by Crippen LogP contribution is 2.41. The van der Waals surface area contributed by atoms with Gasteiger partial charge in [0, 0.05) is 5.69 Å². The molecule has 1 amide bonds. The number of carbonyl (C=O) groups is 1. The number of β-lactam (4-membered cyclic amide) rings is 1. The van der Waals surface area contributed by atoms with Crippen LogP contribution in [0.1, 0.15) is 11.6 Å². The smallest absolute Gasteiger partial charge is 0.259 e. The van der Waals surface area contributed by atoms with Gasteiger partial charge in [-0.3, -0.25) is 9.69 Å². The van der Waals surface area contributed by atoms with Gasteiger partial charge in [0.25, 0.3) is 5.91 Å². The lowest BCUT2D eigenvalue weighted by atomic mass is 9.89. The summed E-state index contributed by atoms with van der Waals surface area (Å²) < 4.78 is 15.9. The van der Waals surface area contributed by atoms with Crippen molar-refractivity contribution >= 4 is 11.6 Å². The molecule has 6 heteroatoms. The first kappa shape index (κ1) is 17.3. The van der Waals surface area contributed by atoms with E-state index in [-0.39, 0.29) is 25.2 Å². The van der Waals surface area contributed by atoms with E-state index in [4.69, 9.17) is 19.3 Å². The molecule has 1 N–H and O–H groups in total. The molecule has 0 aromatic heterocycles. The number of methoxy groups -OCH3 is 2. The van der Waals surface area contributed by atoms with Gasteiger partial charge in [-0.1, -0.05) is 12.1 Å². The number of hydrogen-bond donors (Lipinski definition) is 1. The Morgan fingerprint density at radius 1 is 0.960 bits per heavy atom. The fraction of sp³-hybridized carbons (Fsp3) is 0.316. The van der Waals surface area contributed by atoms with Crippen LogP contribution < -0.4 is 14.4 Å². The predicted molar refractivity (Wildman–Crippen MR) is 93.0 cm³/mol. The molecule has 0 aliphatic carbocycles. The maximum atomic E-state index is 12.6. The van der Waals surface area contributed by atoms with Crippen LogP contribution in [0.4, 0.5) is 5.69 Å². The van der Waals surface area contributed by atoms with E-state index in [1.54, 1.807) is 19.1 Å². The van der Waals surface area contributed by atoms with Crippen LogP contribution in [0.3, 0.4) is 0 Å². The van der Waals surface area contributed by atoms with Crippen LogP contribution in [0, 0.1) is 0 Å². The van der Waals surface area contributed by atoms with Crippen molar-refractivity contribution in [3.63, 3.8) is 0 Å². The molecule has 6 nitrogen and oxygen atoms in total. The molecular formula is C19H21NO5. The summed E-state index contributed by atoms with van der Waals surface area (Å²) in [5.41, 5.74) is 1.72. The fourth-order valence-corrected chi connectivity index (χ4v) is 2.96. The molecule has 0 bridgehead atoms. The SMILES string of the molecule is COc1ccc([C@@H]2[C@H](OCCO)C(=O)N2c2ccc(OC)cc2)cc1. The highest BCUT2D eigenvalue weighted by molar-refractivity contribution is 6.05. The van der Waals surface area contributed by atoms with Gasteiger partial charge >= 0.3 is 0 Å². The number of ether oxygens (including phenoxy) is 3. The zero-order valence-electron chi connectivity index (χ0n) is 14.2. The van der Waals surface area contributed by atoms with E-state index >= 15 is 0 Å². The third-order valence-corrected chi connectivity index (χ3v) is 4.24. The van der Waals surface area contributed by atoms with Crippen LogP contribution in [-0.4, -0.2) is 44.6 Å². The van der Waals surface area contributed by atoms with E-state index in [1.165, 1.54) is 0 Å². The quantitative estimate of drug-likeness (QED) is 0.781. The number of anilines is 1. The predicted octanol–water partition coefficient (Wildman–Crippen LogP) is 2.17. The maximum absolute atomic E-state index is 12.6. The molecule has 1 heterocycles. The monoisotopic (exact) mass is 343 g/mol. The Hall–Kier alpha value is -2.57. The van der Waals surface area contributed by atoms with Gasteiger partial charge in [0.05, 0.1) is 33.5 Å². The Kier molecular flexibility index (Phi) is 5.21. The molecule has 1 aliphatic heterocycles. The van der Waals surface area contributed by atoms with Crippen molar-refractivity contribution in [2.45, 2.75) is 12.1 Å². The van der Waals surface area contributed by atoms with Crippen molar-refractivity contribution < 1.29 is 24.1 Å². The number of aliphatic hydroxyl groups excluding tert-OH is 1. The second-order valence-electron chi connectivity index (χ2n) is 5.64. The number of amides is 1. The first-order chi connectivity index (χ1) is 12.2. The summed E-state index contributed by atoms with van der Waals surface area (Å²) in [5, 5.41) is 9.01. The lowest BCUT2D eigenvalue weighted by molar-refractivity contribution is -0.143. The van der Waals surface area contributed by atoms with Crippen molar-refractivity contribution in [1.29, 1.82) is 0 Å². The van der Waals surface area contributed by atoms with Gasteiger partial charge in [0.1, 0.15) is 11.5 Å². The third-order valence-electron chi connectivity index (χ3n) is 4.24. The fourth-order valence-electron chi connectivity index (χ4n) is 2.96. The van der Waals surface area contributed by atoms with Gasteiger partial charge in [-0.2, -0.15) is 0 Å². The number of benzene rings is 2. The largest absolute Gasteiger partial charge is 0.497 e. The summed E-state index contributed by atoms with van der Waals surface area (Å²) in [6.45, 7) is 0.00115. The maximum Gasteiger partial charge on any atom is 0.259 e. The molecule has 25 heavy (non-hydrogen) atoms.